The van der Waals surface area contributed by atoms with Gasteiger partial charge in [-0.2, -0.15) is 0 Å². The fourth-order valence-electron chi connectivity index (χ4n) is 2.54. The molecule has 2 nitrogen and oxygen atoms in total. The first-order valence-corrected chi connectivity index (χ1v) is 7.07. The van der Waals surface area contributed by atoms with Crippen LogP contribution in [0.4, 0.5) is 0 Å². The van der Waals surface area contributed by atoms with Crippen molar-refractivity contribution in [2.24, 2.45) is 0 Å². The van der Waals surface area contributed by atoms with E-state index in [0.717, 1.165) is 5.75 Å². The maximum atomic E-state index is 5.18. The highest BCUT2D eigenvalue weighted by molar-refractivity contribution is 5.54. The van der Waals surface area contributed by atoms with E-state index in [4.69, 9.17) is 4.74 Å². The van der Waals surface area contributed by atoms with Gasteiger partial charge in [0.1, 0.15) is 5.75 Å². The Labute approximate surface area is 117 Å². The summed E-state index contributed by atoms with van der Waals surface area (Å²) in [6, 6.07) is 8.30. The van der Waals surface area contributed by atoms with Crippen LogP contribution in [0.3, 0.4) is 0 Å². The lowest BCUT2D eigenvalue weighted by Crippen LogP contribution is -2.44. The van der Waals surface area contributed by atoms with Crippen LogP contribution >= 0.6 is 0 Å². The van der Waals surface area contributed by atoms with Crippen LogP contribution in [0.5, 0.6) is 5.75 Å². The van der Waals surface area contributed by atoms with Crippen LogP contribution in [0.2, 0.25) is 0 Å². The largest absolute Gasteiger partial charge is 0.497 e. The van der Waals surface area contributed by atoms with E-state index in [2.05, 4.69) is 43.9 Å². The van der Waals surface area contributed by atoms with Crippen molar-refractivity contribution in [2.75, 3.05) is 20.2 Å². The Morgan fingerprint density at radius 2 is 1.63 bits per heavy atom. The van der Waals surface area contributed by atoms with E-state index in [1.807, 2.05) is 12.1 Å². The summed E-state index contributed by atoms with van der Waals surface area (Å²) in [6.07, 6.45) is 4.70. The van der Waals surface area contributed by atoms with Gasteiger partial charge in [-0.3, -0.25) is 4.90 Å². The molecule has 0 amide bonds. The number of hydrogen-bond acceptors (Lipinski definition) is 2. The van der Waals surface area contributed by atoms with Gasteiger partial charge in [0.15, 0.2) is 0 Å². The number of nitrogens with zero attached hydrogens (tertiary/aromatic N) is 1. The molecular weight excluding hydrogens is 234 g/mol. The van der Waals surface area contributed by atoms with E-state index in [1.54, 1.807) is 12.7 Å². The molecule has 0 N–H and O–H groups in total. The summed E-state index contributed by atoms with van der Waals surface area (Å²) in [5.41, 5.74) is 3.14. The van der Waals surface area contributed by atoms with E-state index >= 15 is 0 Å². The zero-order chi connectivity index (χ0) is 13.9. The van der Waals surface area contributed by atoms with Crippen LogP contribution in [0, 0.1) is 0 Å². The third-order valence-electron chi connectivity index (χ3n) is 3.84. The average Bonchev–Trinajstić information content (AvgIpc) is 2.39. The number of piperidine rings is 1. The monoisotopic (exact) mass is 259 g/mol. The van der Waals surface area contributed by atoms with Crippen LogP contribution in [0.15, 0.2) is 29.8 Å². The number of ether oxygens (including phenoxy) is 1. The normalized spacial score (nSPS) is 17.4. The Balaban J connectivity index is 1.98. The third kappa shape index (κ3) is 3.84. The molecule has 0 saturated carbocycles. The van der Waals surface area contributed by atoms with E-state index < -0.39 is 0 Å². The summed E-state index contributed by atoms with van der Waals surface area (Å²) in [7, 11) is 1.70. The second-order valence-corrected chi connectivity index (χ2v) is 6.23. The molecule has 0 aromatic heterocycles. The minimum absolute atomic E-state index is 0.297. The molecule has 1 aliphatic heterocycles. The number of likely N-dealkylation sites (tertiary alicyclic amines) is 1. The Bertz CT molecular complexity index is 429. The first-order valence-electron chi connectivity index (χ1n) is 7.07. The molecule has 19 heavy (non-hydrogen) atoms. The molecule has 104 valence electrons. The maximum absolute atomic E-state index is 5.18. The molecule has 1 aliphatic rings. The first-order chi connectivity index (χ1) is 8.99. The van der Waals surface area contributed by atoms with Crippen LogP contribution in [0.25, 0.3) is 6.08 Å². The van der Waals surface area contributed by atoms with Crippen LogP contribution in [-0.2, 0) is 0 Å². The molecular formula is C17H25NO. The first kappa shape index (κ1) is 14.1. The molecule has 1 aromatic rings. The van der Waals surface area contributed by atoms with Crippen molar-refractivity contribution < 1.29 is 4.74 Å². The zero-order valence-corrected chi connectivity index (χ0v) is 12.6. The predicted octanol–water partition coefficient (Wildman–Crippen LogP) is 3.97. The summed E-state index contributed by atoms with van der Waals surface area (Å²) in [6.45, 7) is 9.23. The van der Waals surface area contributed by atoms with E-state index in [9.17, 15) is 0 Å². The van der Waals surface area contributed by atoms with Gasteiger partial charge in [-0.05, 0) is 51.3 Å². The SMILES string of the molecule is COc1ccc(C=C2CCN(C(C)(C)C)CC2)cc1. The van der Waals surface area contributed by atoms with Gasteiger partial charge in [-0.1, -0.05) is 23.8 Å². The number of rotatable bonds is 2. The lowest BCUT2D eigenvalue weighted by atomic mass is 9.96. The van der Waals surface area contributed by atoms with Crippen molar-refractivity contribution in [1.29, 1.82) is 0 Å². The van der Waals surface area contributed by atoms with E-state index in [-0.39, 0.29) is 0 Å². The van der Waals surface area contributed by atoms with Gasteiger partial charge >= 0.3 is 0 Å². The molecule has 0 spiro atoms. The molecule has 1 saturated heterocycles. The second kappa shape index (κ2) is 5.79. The quantitative estimate of drug-likeness (QED) is 0.796. The average molecular weight is 259 g/mol. The predicted molar refractivity (Wildman–Crippen MR) is 81.5 cm³/mol. The molecule has 1 fully saturated rings. The van der Waals surface area contributed by atoms with Gasteiger partial charge in [0.2, 0.25) is 0 Å². The summed E-state index contributed by atoms with van der Waals surface area (Å²) in [4.78, 5) is 2.57. The Hall–Kier alpha value is -1.28. The molecule has 0 atom stereocenters. The Kier molecular flexibility index (Phi) is 4.31. The van der Waals surface area contributed by atoms with Crippen LogP contribution in [-0.4, -0.2) is 30.6 Å². The minimum atomic E-state index is 0.297. The molecule has 0 radical (unpaired) electrons. The fraction of sp³-hybridized carbons (Fsp3) is 0.529. The molecule has 0 aliphatic carbocycles. The minimum Gasteiger partial charge on any atom is -0.497 e. The van der Waals surface area contributed by atoms with Crippen molar-refractivity contribution in [3.05, 3.63) is 35.4 Å². The van der Waals surface area contributed by atoms with Crippen molar-refractivity contribution in [3.8, 4) is 5.75 Å². The van der Waals surface area contributed by atoms with Crippen LogP contribution < -0.4 is 4.74 Å². The van der Waals surface area contributed by atoms with Gasteiger partial charge in [-0.25, -0.2) is 0 Å². The highest BCUT2D eigenvalue weighted by Crippen LogP contribution is 2.25. The summed E-state index contributed by atoms with van der Waals surface area (Å²) < 4.78 is 5.18. The highest BCUT2D eigenvalue weighted by Gasteiger charge is 2.24. The number of methoxy groups -OCH3 is 1. The van der Waals surface area contributed by atoms with Crippen molar-refractivity contribution in [3.63, 3.8) is 0 Å². The second-order valence-electron chi connectivity index (χ2n) is 6.23. The summed E-state index contributed by atoms with van der Waals surface area (Å²) in [5, 5.41) is 0. The number of hydrogen-bond donors (Lipinski definition) is 0. The van der Waals surface area contributed by atoms with Crippen molar-refractivity contribution in [2.45, 2.75) is 39.2 Å². The number of benzene rings is 1. The fourth-order valence-corrected chi connectivity index (χ4v) is 2.54. The molecule has 2 heteroatoms. The standard InChI is InChI=1S/C17H25NO/c1-17(2,3)18-11-9-15(10-12-18)13-14-5-7-16(19-4)8-6-14/h5-8,13H,9-12H2,1-4H3. The topological polar surface area (TPSA) is 12.5 Å². The maximum Gasteiger partial charge on any atom is 0.118 e. The van der Waals surface area contributed by atoms with Gasteiger partial charge < -0.3 is 4.74 Å². The van der Waals surface area contributed by atoms with E-state index in [0.29, 0.717) is 5.54 Å². The molecule has 0 unspecified atom stereocenters. The van der Waals surface area contributed by atoms with Crippen molar-refractivity contribution in [1.82, 2.24) is 4.90 Å². The summed E-state index contributed by atoms with van der Waals surface area (Å²) in [5.74, 6) is 0.921. The molecule has 1 aromatic carbocycles. The lowest BCUT2D eigenvalue weighted by Gasteiger charge is -2.39. The highest BCUT2D eigenvalue weighted by atomic mass is 16.5. The Morgan fingerprint density at radius 3 is 2.11 bits per heavy atom. The zero-order valence-electron chi connectivity index (χ0n) is 12.6. The smallest absolute Gasteiger partial charge is 0.118 e. The molecule has 2 rings (SSSR count). The van der Waals surface area contributed by atoms with Gasteiger partial charge in [0.25, 0.3) is 0 Å². The third-order valence-corrected chi connectivity index (χ3v) is 3.84. The van der Waals surface area contributed by atoms with Gasteiger partial charge in [0, 0.05) is 18.6 Å². The Morgan fingerprint density at radius 1 is 1.05 bits per heavy atom. The van der Waals surface area contributed by atoms with Gasteiger partial charge in [-0.15, -0.1) is 0 Å². The molecule has 0 bridgehead atoms. The summed E-state index contributed by atoms with van der Waals surface area (Å²) >= 11 is 0. The van der Waals surface area contributed by atoms with E-state index in [1.165, 1.54) is 31.5 Å². The molecule has 1 heterocycles. The lowest BCUT2D eigenvalue weighted by molar-refractivity contribution is 0.126. The van der Waals surface area contributed by atoms with Gasteiger partial charge in [0.05, 0.1) is 7.11 Å². The van der Waals surface area contributed by atoms with Crippen molar-refractivity contribution >= 4 is 6.08 Å². The van der Waals surface area contributed by atoms with Crippen LogP contribution in [0.1, 0.15) is 39.2 Å².